The van der Waals surface area contributed by atoms with Crippen LogP contribution in [0.4, 0.5) is 0 Å². The number of nitrogens with one attached hydrogen (secondary N) is 1. The number of hydrazone groups is 1. The summed E-state index contributed by atoms with van der Waals surface area (Å²) in [7, 11) is 1.29. The van der Waals surface area contributed by atoms with Crippen molar-refractivity contribution in [2.24, 2.45) is 5.10 Å². The fourth-order valence-electron chi connectivity index (χ4n) is 4.40. The molecule has 0 aliphatic rings. The van der Waals surface area contributed by atoms with Gasteiger partial charge in [-0.1, -0.05) is 6.08 Å². The van der Waals surface area contributed by atoms with E-state index in [4.69, 9.17) is 18.6 Å². The van der Waals surface area contributed by atoms with Gasteiger partial charge in [0.1, 0.15) is 18.1 Å². The molecule has 0 radical (unpaired) electrons. The fraction of sp³-hybridized carbons (Fsp3) is 0.242. The largest absolute Gasteiger partial charge is 0.490 e. The molecule has 43 heavy (non-hydrogen) atoms. The van der Waals surface area contributed by atoms with Crippen LogP contribution < -0.4 is 19.6 Å². The second kappa shape index (κ2) is 14.6. The van der Waals surface area contributed by atoms with Crippen molar-refractivity contribution in [1.29, 1.82) is 0 Å². The molecule has 0 saturated carbocycles. The lowest BCUT2D eigenvalue weighted by Crippen LogP contribution is -2.17. The molecule has 0 fully saturated rings. The van der Waals surface area contributed by atoms with Crippen molar-refractivity contribution in [3.8, 4) is 22.9 Å². The van der Waals surface area contributed by atoms with Crippen LogP contribution in [0.2, 0.25) is 0 Å². The van der Waals surface area contributed by atoms with E-state index in [1.54, 1.807) is 24.3 Å². The molecule has 1 N–H and O–H groups in total. The molecule has 0 atom stereocenters. The Morgan fingerprint density at radius 1 is 1.00 bits per heavy atom. The van der Waals surface area contributed by atoms with Gasteiger partial charge in [0, 0.05) is 22.6 Å². The molecule has 0 bridgehead atoms. The average molecular weight is 586 g/mol. The van der Waals surface area contributed by atoms with Crippen LogP contribution in [0, 0.1) is 13.8 Å². The number of amides is 1. The molecular weight excluding hydrogens is 550 g/mol. The summed E-state index contributed by atoms with van der Waals surface area (Å²) >= 11 is 0. The Labute approximate surface area is 250 Å². The van der Waals surface area contributed by atoms with Crippen LogP contribution in [0.3, 0.4) is 0 Å². The number of hydrogen-bond acceptors (Lipinski definition) is 8. The number of methoxy groups -OCH3 is 1. The van der Waals surface area contributed by atoms with Gasteiger partial charge in [-0.15, -0.1) is 6.58 Å². The van der Waals surface area contributed by atoms with Crippen molar-refractivity contribution in [2.75, 3.05) is 20.3 Å². The van der Waals surface area contributed by atoms with Gasteiger partial charge in [-0.25, -0.2) is 10.2 Å². The fourth-order valence-corrected chi connectivity index (χ4v) is 4.40. The first-order valence-corrected chi connectivity index (χ1v) is 13.7. The van der Waals surface area contributed by atoms with Crippen molar-refractivity contribution in [3.05, 3.63) is 107 Å². The van der Waals surface area contributed by atoms with E-state index in [-0.39, 0.29) is 19.0 Å². The van der Waals surface area contributed by atoms with Crippen LogP contribution in [-0.2, 0) is 22.6 Å². The maximum absolute atomic E-state index is 12.6. The minimum Gasteiger partial charge on any atom is -0.490 e. The van der Waals surface area contributed by atoms with Crippen molar-refractivity contribution in [3.63, 3.8) is 0 Å². The molecule has 0 aliphatic heterocycles. The number of aryl methyl sites for hydroxylation is 2. The summed E-state index contributed by atoms with van der Waals surface area (Å²) in [6, 6.07) is 18.7. The van der Waals surface area contributed by atoms with Gasteiger partial charge >= 0.3 is 11.9 Å². The summed E-state index contributed by atoms with van der Waals surface area (Å²) < 4.78 is 29.7. The first-order valence-electron chi connectivity index (χ1n) is 13.7. The van der Waals surface area contributed by atoms with Crippen LogP contribution in [-0.4, -0.2) is 43.0 Å². The standard InChI is InChI=1S/C33H35N3O7/c1-6-8-25-17-24(18-30(40-7-2)32(25)42-21-31(37)39-5)19-34-35-33(38)29-16-15-28(43-29)20-41-27-13-11-26(12-14-27)36-22(3)9-10-23(36)4/h6,9-19H,1,7-8,20-21H2,2-5H3,(H,35,38)/b34-19+. The van der Waals surface area contributed by atoms with E-state index in [0.717, 1.165) is 22.6 Å². The van der Waals surface area contributed by atoms with E-state index in [9.17, 15) is 9.59 Å². The monoisotopic (exact) mass is 585 g/mol. The van der Waals surface area contributed by atoms with Crippen molar-refractivity contribution >= 4 is 18.1 Å². The van der Waals surface area contributed by atoms with Crippen LogP contribution in [0.5, 0.6) is 17.2 Å². The van der Waals surface area contributed by atoms with Crippen molar-refractivity contribution in [1.82, 2.24) is 9.99 Å². The van der Waals surface area contributed by atoms with Crippen LogP contribution in [0.1, 0.15) is 45.8 Å². The Kier molecular flexibility index (Phi) is 10.4. The minimum atomic E-state index is -0.515. The SMILES string of the molecule is C=CCc1cc(/C=N/NC(=O)c2ccc(COc3ccc(-n4c(C)ccc4C)cc3)o2)cc(OCC)c1OCC(=O)OC. The number of hydrogen-bond donors (Lipinski definition) is 1. The molecule has 0 aliphatic carbocycles. The first kappa shape index (κ1) is 30.7. The van der Waals surface area contributed by atoms with Crippen LogP contribution >= 0.6 is 0 Å². The molecule has 0 spiro atoms. The summed E-state index contributed by atoms with van der Waals surface area (Å²) in [6.45, 7) is 10.0. The molecular formula is C33H35N3O7. The minimum absolute atomic E-state index is 0.0959. The van der Waals surface area contributed by atoms with Gasteiger partial charge in [0.25, 0.3) is 0 Å². The van der Waals surface area contributed by atoms with E-state index in [1.165, 1.54) is 13.3 Å². The topological polar surface area (TPSA) is 114 Å². The number of carbonyl (C=O) groups is 2. The van der Waals surface area contributed by atoms with E-state index in [0.29, 0.717) is 41.6 Å². The number of carbonyl (C=O) groups excluding carboxylic acids is 2. The molecule has 2 aromatic heterocycles. The van der Waals surface area contributed by atoms with Gasteiger partial charge in [-0.3, -0.25) is 4.79 Å². The van der Waals surface area contributed by atoms with E-state index < -0.39 is 11.9 Å². The Bertz CT molecular complexity index is 1580. The summed E-state index contributed by atoms with van der Waals surface area (Å²) in [5.41, 5.74) is 7.22. The quantitative estimate of drug-likeness (QED) is 0.0873. The molecule has 4 aromatic rings. The third-order valence-electron chi connectivity index (χ3n) is 6.39. The van der Waals surface area contributed by atoms with Gasteiger partial charge in [-0.2, -0.15) is 5.10 Å². The lowest BCUT2D eigenvalue weighted by atomic mass is 10.1. The summed E-state index contributed by atoms with van der Waals surface area (Å²) in [6.07, 6.45) is 3.64. The zero-order valence-electron chi connectivity index (χ0n) is 24.7. The number of allylic oxidation sites excluding steroid dienone is 1. The Hall–Kier alpha value is -5.25. The van der Waals surface area contributed by atoms with E-state index in [1.807, 2.05) is 37.3 Å². The van der Waals surface area contributed by atoms with Gasteiger partial charge in [-0.05, 0) is 93.4 Å². The van der Waals surface area contributed by atoms with Crippen LogP contribution in [0.25, 0.3) is 5.69 Å². The summed E-state index contributed by atoms with van der Waals surface area (Å²) in [5.74, 6) is 1.09. The summed E-state index contributed by atoms with van der Waals surface area (Å²) in [4.78, 5) is 24.2. The molecule has 4 rings (SSSR count). The second-order valence-corrected chi connectivity index (χ2v) is 9.50. The highest BCUT2D eigenvalue weighted by Gasteiger charge is 2.15. The molecule has 10 nitrogen and oxygen atoms in total. The Balaban J connectivity index is 1.36. The van der Waals surface area contributed by atoms with Crippen LogP contribution in [0.15, 0.2) is 82.8 Å². The smallest absolute Gasteiger partial charge is 0.343 e. The highest BCUT2D eigenvalue weighted by molar-refractivity contribution is 5.92. The Morgan fingerprint density at radius 2 is 1.74 bits per heavy atom. The average Bonchev–Trinajstić information content (AvgIpc) is 3.62. The second-order valence-electron chi connectivity index (χ2n) is 9.50. The van der Waals surface area contributed by atoms with Gasteiger partial charge in [0.15, 0.2) is 23.9 Å². The predicted octanol–water partition coefficient (Wildman–Crippen LogP) is 5.71. The zero-order chi connectivity index (χ0) is 30.8. The number of aromatic nitrogens is 1. The normalized spacial score (nSPS) is 10.9. The first-order chi connectivity index (χ1) is 20.8. The van der Waals surface area contributed by atoms with Gasteiger partial charge in [0.2, 0.25) is 0 Å². The van der Waals surface area contributed by atoms with E-state index in [2.05, 4.69) is 52.4 Å². The van der Waals surface area contributed by atoms with Crippen molar-refractivity contribution < 1.29 is 33.0 Å². The highest BCUT2D eigenvalue weighted by atomic mass is 16.6. The Morgan fingerprint density at radius 3 is 2.42 bits per heavy atom. The molecule has 224 valence electrons. The van der Waals surface area contributed by atoms with E-state index >= 15 is 0 Å². The zero-order valence-corrected chi connectivity index (χ0v) is 24.7. The number of esters is 1. The predicted molar refractivity (Wildman–Crippen MR) is 162 cm³/mol. The maximum atomic E-state index is 12.6. The number of benzene rings is 2. The highest BCUT2D eigenvalue weighted by Crippen LogP contribution is 2.33. The number of nitrogens with zero attached hydrogens (tertiary/aromatic N) is 2. The number of ether oxygens (including phenoxy) is 4. The third-order valence-corrected chi connectivity index (χ3v) is 6.39. The van der Waals surface area contributed by atoms with Crippen molar-refractivity contribution in [2.45, 2.75) is 33.8 Å². The molecule has 2 heterocycles. The lowest BCUT2D eigenvalue weighted by Gasteiger charge is -2.16. The maximum Gasteiger partial charge on any atom is 0.343 e. The molecule has 10 heteroatoms. The molecule has 2 aromatic carbocycles. The molecule has 0 unspecified atom stereocenters. The van der Waals surface area contributed by atoms with Gasteiger partial charge < -0.3 is 27.9 Å². The third kappa shape index (κ3) is 7.94. The number of furan rings is 1. The molecule has 0 saturated heterocycles. The molecule has 1 amide bonds. The summed E-state index contributed by atoms with van der Waals surface area (Å²) in [5, 5.41) is 4.07. The van der Waals surface area contributed by atoms with Gasteiger partial charge in [0.05, 0.1) is 19.9 Å². The lowest BCUT2D eigenvalue weighted by molar-refractivity contribution is -0.142. The number of rotatable bonds is 14.